The summed E-state index contributed by atoms with van der Waals surface area (Å²) in [5.41, 5.74) is 0. The molecule has 0 aromatic rings. The standard InChI is InChI=1S/C10H17F6N/c1-8(4-2-5-9(11,12)13)17-7-3-6-10(14,15)16/h8,17H,2-7H2,1H3. The average Bonchev–Trinajstić information content (AvgIpc) is 2.09. The Hall–Kier alpha value is -0.460. The van der Waals surface area contributed by atoms with Crippen molar-refractivity contribution < 1.29 is 26.3 Å². The average molecular weight is 265 g/mol. The van der Waals surface area contributed by atoms with E-state index in [4.69, 9.17) is 0 Å². The maximum Gasteiger partial charge on any atom is 0.389 e. The highest BCUT2D eigenvalue weighted by Gasteiger charge is 2.27. The zero-order valence-corrected chi connectivity index (χ0v) is 9.59. The van der Waals surface area contributed by atoms with E-state index in [1.54, 1.807) is 6.92 Å². The second-order valence-corrected chi connectivity index (χ2v) is 4.08. The number of nitrogens with one attached hydrogen (secondary N) is 1. The van der Waals surface area contributed by atoms with Gasteiger partial charge in [0, 0.05) is 18.9 Å². The van der Waals surface area contributed by atoms with Gasteiger partial charge in [0.05, 0.1) is 0 Å². The van der Waals surface area contributed by atoms with Crippen LogP contribution >= 0.6 is 0 Å². The zero-order valence-electron chi connectivity index (χ0n) is 9.59. The van der Waals surface area contributed by atoms with Crippen molar-refractivity contribution in [1.82, 2.24) is 5.32 Å². The van der Waals surface area contributed by atoms with Crippen LogP contribution in [0.1, 0.15) is 39.0 Å². The molecule has 104 valence electrons. The van der Waals surface area contributed by atoms with E-state index in [1.165, 1.54) is 0 Å². The van der Waals surface area contributed by atoms with Crippen molar-refractivity contribution >= 4 is 0 Å². The third kappa shape index (κ3) is 13.5. The van der Waals surface area contributed by atoms with E-state index in [0.717, 1.165) is 0 Å². The summed E-state index contributed by atoms with van der Waals surface area (Å²) in [4.78, 5) is 0. The maximum absolute atomic E-state index is 11.8. The molecule has 0 saturated carbocycles. The molecule has 0 aliphatic carbocycles. The number of hydrogen-bond donors (Lipinski definition) is 1. The van der Waals surface area contributed by atoms with Crippen LogP contribution in [-0.4, -0.2) is 24.9 Å². The van der Waals surface area contributed by atoms with Gasteiger partial charge in [0.1, 0.15) is 0 Å². The van der Waals surface area contributed by atoms with Gasteiger partial charge in [0.2, 0.25) is 0 Å². The van der Waals surface area contributed by atoms with Gasteiger partial charge >= 0.3 is 12.4 Å². The normalized spacial score (nSPS) is 15.0. The molecule has 1 unspecified atom stereocenters. The summed E-state index contributed by atoms with van der Waals surface area (Å²) in [6.45, 7) is 1.84. The van der Waals surface area contributed by atoms with Gasteiger partial charge in [0.25, 0.3) is 0 Å². The minimum atomic E-state index is -4.17. The summed E-state index contributed by atoms with van der Waals surface area (Å²) in [5, 5.41) is 2.77. The Morgan fingerprint density at radius 1 is 0.882 bits per heavy atom. The zero-order chi connectivity index (χ0) is 13.5. The lowest BCUT2D eigenvalue weighted by Crippen LogP contribution is -2.28. The van der Waals surface area contributed by atoms with Crippen LogP contribution in [-0.2, 0) is 0 Å². The summed E-state index contributed by atoms with van der Waals surface area (Å²) in [7, 11) is 0. The molecule has 0 radical (unpaired) electrons. The molecule has 0 rings (SSSR count). The minimum Gasteiger partial charge on any atom is -0.314 e. The lowest BCUT2D eigenvalue weighted by Gasteiger charge is -2.14. The molecule has 1 atom stereocenters. The first-order chi connectivity index (χ1) is 7.60. The van der Waals surface area contributed by atoms with E-state index in [1.807, 2.05) is 0 Å². The van der Waals surface area contributed by atoms with Crippen molar-refractivity contribution in [2.75, 3.05) is 6.54 Å². The molecule has 0 bridgehead atoms. The second-order valence-electron chi connectivity index (χ2n) is 4.08. The molecule has 0 fully saturated rings. The van der Waals surface area contributed by atoms with Crippen LogP contribution < -0.4 is 5.32 Å². The van der Waals surface area contributed by atoms with Gasteiger partial charge in [-0.05, 0) is 32.7 Å². The van der Waals surface area contributed by atoms with Gasteiger partial charge in [-0.2, -0.15) is 26.3 Å². The van der Waals surface area contributed by atoms with E-state index in [0.29, 0.717) is 6.42 Å². The lowest BCUT2D eigenvalue weighted by molar-refractivity contribution is -0.137. The Bertz CT molecular complexity index is 198. The van der Waals surface area contributed by atoms with Crippen LogP contribution in [0.15, 0.2) is 0 Å². The molecule has 7 heteroatoms. The fourth-order valence-corrected chi connectivity index (χ4v) is 1.35. The van der Waals surface area contributed by atoms with Crippen molar-refractivity contribution in [2.24, 2.45) is 0 Å². The van der Waals surface area contributed by atoms with E-state index >= 15 is 0 Å². The first-order valence-electron chi connectivity index (χ1n) is 5.47. The smallest absolute Gasteiger partial charge is 0.314 e. The number of hydrogen-bond acceptors (Lipinski definition) is 1. The quantitative estimate of drug-likeness (QED) is 0.541. The molecule has 0 amide bonds. The molecule has 0 aromatic carbocycles. The predicted molar refractivity (Wildman–Crippen MR) is 52.7 cm³/mol. The van der Waals surface area contributed by atoms with Gasteiger partial charge in [-0.15, -0.1) is 0 Å². The number of halogens is 6. The highest BCUT2D eigenvalue weighted by atomic mass is 19.4. The van der Waals surface area contributed by atoms with E-state index in [-0.39, 0.29) is 25.4 Å². The third-order valence-electron chi connectivity index (χ3n) is 2.23. The van der Waals surface area contributed by atoms with Crippen molar-refractivity contribution in [3.05, 3.63) is 0 Å². The topological polar surface area (TPSA) is 12.0 Å². The molecular weight excluding hydrogens is 248 g/mol. The van der Waals surface area contributed by atoms with Crippen LogP contribution in [0.3, 0.4) is 0 Å². The molecule has 0 saturated heterocycles. The summed E-state index contributed by atoms with van der Waals surface area (Å²) in [6.07, 6.45) is -9.77. The predicted octanol–water partition coefficient (Wildman–Crippen LogP) is 4.04. The largest absolute Gasteiger partial charge is 0.389 e. The Morgan fingerprint density at radius 3 is 1.82 bits per heavy atom. The van der Waals surface area contributed by atoms with E-state index < -0.39 is 25.2 Å². The number of rotatable bonds is 7. The molecule has 1 nitrogen and oxygen atoms in total. The van der Waals surface area contributed by atoms with Crippen molar-refractivity contribution in [3.8, 4) is 0 Å². The number of alkyl halides is 6. The van der Waals surface area contributed by atoms with Crippen LogP contribution in [0.4, 0.5) is 26.3 Å². The van der Waals surface area contributed by atoms with Gasteiger partial charge in [-0.3, -0.25) is 0 Å². The van der Waals surface area contributed by atoms with E-state index in [2.05, 4.69) is 5.32 Å². The highest BCUT2D eigenvalue weighted by molar-refractivity contribution is 4.63. The summed E-state index contributed by atoms with van der Waals surface area (Å²) in [6, 6.07) is -0.189. The van der Waals surface area contributed by atoms with Gasteiger partial charge < -0.3 is 5.32 Å². The van der Waals surface area contributed by atoms with Crippen molar-refractivity contribution in [1.29, 1.82) is 0 Å². The molecule has 17 heavy (non-hydrogen) atoms. The summed E-state index contributed by atoms with van der Waals surface area (Å²) < 4.78 is 70.7. The minimum absolute atomic E-state index is 0.00304. The molecule has 0 aromatic heterocycles. The van der Waals surface area contributed by atoms with Gasteiger partial charge in [0.15, 0.2) is 0 Å². The van der Waals surface area contributed by atoms with E-state index in [9.17, 15) is 26.3 Å². The first-order valence-corrected chi connectivity index (χ1v) is 5.47. The first kappa shape index (κ1) is 16.5. The highest BCUT2D eigenvalue weighted by Crippen LogP contribution is 2.23. The van der Waals surface area contributed by atoms with Crippen LogP contribution in [0, 0.1) is 0 Å². The van der Waals surface area contributed by atoms with Gasteiger partial charge in [-0.25, -0.2) is 0 Å². The molecule has 1 N–H and O–H groups in total. The molecule has 0 aliphatic heterocycles. The monoisotopic (exact) mass is 265 g/mol. The Balaban J connectivity index is 3.44. The third-order valence-corrected chi connectivity index (χ3v) is 2.23. The van der Waals surface area contributed by atoms with Crippen molar-refractivity contribution in [3.63, 3.8) is 0 Å². The Kier molecular flexibility index (Phi) is 6.89. The fourth-order valence-electron chi connectivity index (χ4n) is 1.35. The second kappa shape index (κ2) is 7.08. The molecular formula is C10H17F6N. The lowest BCUT2D eigenvalue weighted by atomic mass is 10.1. The Morgan fingerprint density at radius 2 is 1.35 bits per heavy atom. The Labute approximate surface area is 96.6 Å². The SMILES string of the molecule is CC(CCCC(F)(F)F)NCCCC(F)(F)F. The van der Waals surface area contributed by atoms with Crippen LogP contribution in [0.2, 0.25) is 0 Å². The van der Waals surface area contributed by atoms with Crippen molar-refractivity contribution in [2.45, 2.75) is 57.4 Å². The van der Waals surface area contributed by atoms with Crippen LogP contribution in [0.25, 0.3) is 0 Å². The maximum atomic E-state index is 11.8. The fraction of sp³-hybridized carbons (Fsp3) is 1.00. The summed E-state index contributed by atoms with van der Waals surface area (Å²) in [5.74, 6) is 0. The molecule has 0 aliphatic rings. The summed E-state index contributed by atoms with van der Waals surface area (Å²) >= 11 is 0. The van der Waals surface area contributed by atoms with Crippen LogP contribution in [0.5, 0.6) is 0 Å². The van der Waals surface area contributed by atoms with Gasteiger partial charge in [-0.1, -0.05) is 0 Å². The molecule has 0 heterocycles. The molecule has 0 spiro atoms.